The van der Waals surface area contributed by atoms with Gasteiger partial charge in [-0.25, -0.2) is 5.43 Å². The first-order chi connectivity index (χ1) is 13.1. The van der Waals surface area contributed by atoms with Gasteiger partial charge in [0, 0.05) is 10.0 Å². The van der Waals surface area contributed by atoms with Crippen LogP contribution in [-0.2, 0) is 0 Å². The van der Waals surface area contributed by atoms with Crippen LogP contribution >= 0.6 is 15.9 Å². The molecule has 0 unspecified atom stereocenters. The van der Waals surface area contributed by atoms with E-state index >= 15 is 0 Å². The van der Waals surface area contributed by atoms with E-state index in [2.05, 4.69) is 26.5 Å². The lowest BCUT2D eigenvalue weighted by atomic mass is 10.1. The Morgan fingerprint density at radius 3 is 2.56 bits per heavy atom. The third-order valence-electron chi connectivity index (χ3n) is 3.95. The zero-order valence-electron chi connectivity index (χ0n) is 15.0. The minimum Gasteiger partial charge on any atom is -0.496 e. The average molecular weight is 427 g/mol. The Hall–Kier alpha value is -2.86. The summed E-state index contributed by atoms with van der Waals surface area (Å²) in [6.45, 7) is 2.46. The highest BCUT2D eigenvalue weighted by molar-refractivity contribution is 9.10. The van der Waals surface area contributed by atoms with E-state index in [9.17, 15) is 4.79 Å². The predicted octanol–water partition coefficient (Wildman–Crippen LogP) is 4.77. The van der Waals surface area contributed by atoms with Crippen LogP contribution in [0.2, 0.25) is 0 Å². The number of carbonyl (C=O) groups excluding carboxylic acids is 1. The van der Waals surface area contributed by atoms with Crippen LogP contribution in [0.5, 0.6) is 11.5 Å². The maximum absolute atomic E-state index is 12.6. The number of hydrogen-bond acceptors (Lipinski definition) is 4. The molecule has 0 aliphatic carbocycles. The summed E-state index contributed by atoms with van der Waals surface area (Å²) in [5.41, 5.74) is 3.74. The second-order valence-corrected chi connectivity index (χ2v) is 6.63. The normalized spacial score (nSPS) is 10.9. The highest BCUT2D eigenvalue weighted by atomic mass is 79.9. The van der Waals surface area contributed by atoms with Gasteiger partial charge in [-0.05, 0) is 48.0 Å². The van der Waals surface area contributed by atoms with E-state index in [-0.39, 0.29) is 5.91 Å². The number of methoxy groups -OCH3 is 1. The summed E-state index contributed by atoms with van der Waals surface area (Å²) in [5.74, 6) is 0.850. The molecule has 0 aliphatic heterocycles. The minimum atomic E-state index is -0.346. The lowest BCUT2D eigenvalue weighted by Crippen LogP contribution is -2.18. The number of fused-ring (bicyclic) bond motifs is 1. The van der Waals surface area contributed by atoms with E-state index in [0.717, 1.165) is 20.8 Å². The van der Waals surface area contributed by atoms with Gasteiger partial charge in [0.2, 0.25) is 0 Å². The highest BCUT2D eigenvalue weighted by Gasteiger charge is 2.13. The maximum atomic E-state index is 12.6. The first kappa shape index (κ1) is 18.9. The summed E-state index contributed by atoms with van der Waals surface area (Å²) < 4.78 is 11.8. The largest absolute Gasteiger partial charge is 0.496 e. The first-order valence-electron chi connectivity index (χ1n) is 8.45. The Labute approximate surface area is 166 Å². The van der Waals surface area contributed by atoms with Crippen molar-refractivity contribution in [3.05, 3.63) is 70.2 Å². The molecule has 27 heavy (non-hydrogen) atoms. The Kier molecular flexibility index (Phi) is 6.08. The Balaban J connectivity index is 1.83. The van der Waals surface area contributed by atoms with Crippen LogP contribution in [0.1, 0.15) is 22.8 Å². The number of hydrogen-bond donors (Lipinski definition) is 1. The van der Waals surface area contributed by atoms with Gasteiger partial charge >= 0.3 is 0 Å². The van der Waals surface area contributed by atoms with Gasteiger partial charge in [0.1, 0.15) is 11.5 Å². The Morgan fingerprint density at radius 2 is 1.85 bits per heavy atom. The number of carbonyl (C=O) groups is 1. The fraction of sp³-hybridized carbons (Fsp3) is 0.143. The molecule has 5 nitrogen and oxygen atoms in total. The molecular weight excluding hydrogens is 408 g/mol. The molecule has 0 spiro atoms. The van der Waals surface area contributed by atoms with Gasteiger partial charge in [-0.2, -0.15) is 5.10 Å². The van der Waals surface area contributed by atoms with E-state index < -0.39 is 0 Å². The molecule has 0 atom stereocenters. The van der Waals surface area contributed by atoms with Crippen LogP contribution in [0, 0.1) is 0 Å². The zero-order chi connectivity index (χ0) is 19.2. The molecule has 1 amide bonds. The second-order valence-electron chi connectivity index (χ2n) is 5.71. The van der Waals surface area contributed by atoms with Crippen LogP contribution in [0.3, 0.4) is 0 Å². The SMILES string of the molecule is CCOc1ccc(Br)cc1/C=N\NC(=O)c1cc2ccccc2cc1OC. The molecule has 0 heterocycles. The summed E-state index contributed by atoms with van der Waals surface area (Å²) >= 11 is 3.43. The molecule has 138 valence electrons. The Morgan fingerprint density at radius 1 is 1.11 bits per heavy atom. The van der Waals surface area contributed by atoms with Gasteiger partial charge in [-0.15, -0.1) is 0 Å². The molecule has 3 aromatic carbocycles. The molecule has 1 N–H and O–H groups in total. The zero-order valence-corrected chi connectivity index (χ0v) is 16.6. The summed E-state index contributed by atoms with van der Waals surface area (Å²) in [6, 6.07) is 17.0. The molecule has 3 aromatic rings. The molecule has 0 radical (unpaired) electrons. The van der Waals surface area contributed by atoms with Gasteiger partial charge < -0.3 is 9.47 Å². The number of amides is 1. The standard InChI is InChI=1S/C21H19BrN2O3/c1-3-27-19-9-8-17(22)10-16(19)13-23-24-21(25)18-11-14-6-4-5-7-15(14)12-20(18)26-2/h4-13H,3H2,1-2H3,(H,24,25)/b23-13-. The van der Waals surface area contributed by atoms with Crippen molar-refractivity contribution in [2.45, 2.75) is 6.92 Å². The van der Waals surface area contributed by atoms with Gasteiger partial charge in [-0.3, -0.25) is 4.79 Å². The highest BCUT2D eigenvalue weighted by Crippen LogP contribution is 2.26. The summed E-state index contributed by atoms with van der Waals surface area (Å²) in [6.07, 6.45) is 1.56. The van der Waals surface area contributed by atoms with Crippen molar-refractivity contribution in [2.24, 2.45) is 5.10 Å². The van der Waals surface area contributed by atoms with Crippen molar-refractivity contribution in [1.82, 2.24) is 5.43 Å². The lowest BCUT2D eigenvalue weighted by Gasteiger charge is -2.09. The molecule has 6 heteroatoms. The number of rotatable bonds is 6. The number of nitrogens with zero attached hydrogens (tertiary/aromatic N) is 1. The third-order valence-corrected chi connectivity index (χ3v) is 4.45. The van der Waals surface area contributed by atoms with Crippen molar-refractivity contribution in [1.29, 1.82) is 0 Å². The van der Waals surface area contributed by atoms with Crippen molar-refractivity contribution in [2.75, 3.05) is 13.7 Å². The Bertz CT molecular complexity index is 1000. The number of benzene rings is 3. The van der Waals surface area contributed by atoms with E-state index in [0.29, 0.717) is 23.7 Å². The smallest absolute Gasteiger partial charge is 0.275 e. The van der Waals surface area contributed by atoms with Gasteiger partial charge in [-0.1, -0.05) is 40.2 Å². The van der Waals surface area contributed by atoms with Gasteiger partial charge in [0.15, 0.2) is 0 Å². The van der Waals surface area contributed by atoms with Crippen molar-refractivity contribution >= 4 is 38.8 Å². The van der Waals surface area contributed by atoms with Crippen molar-refractivity contribution in [3.8, 4) is 11.5 Å². The molecular formula is C21H19BrN2O3. The van der Waals surface area contributed by atoms with E-state index in [4.69, 9.17) is 9.47 Å². The molecule has 0 saturated carbocycles. The average Bonchev–Trinajstić information content (AvgIpc) is 2.68. The molecule has 0 fully saturated rings. The third kappa shape index (κ3) is 4.46. The van der Waals surface area contributed by atoms with Crippen LogP contribution in [0.15, 0.2) is 64.2 Å². The number of nitrogens with one attached hydrogen (secondary N) is 1. The molecule has 0 aromatic heterocycles. The van der Waals surface area contributed by atoms with Crippen LogP contribution in [0.25, 0.3) is 10.8 Å². The first-order valence-corrected chi connectivity index (χ1v) is 9.24. The monoisotopic (exact) mass is 426 g/mol. The maximum Gasteiger partial charge on any atom is 0.275 e. The summed E-state index contributed by atoms with van der Waals surface area (Å²) in [4.78, 5) is 12.6. The second kappa shape index (κ2) is 8.68. The van der Waals surface area contributed by atoms with Crippen molar-refractivity contribution < 1.29 is 14.3 Å². The topological polar surface area (TPSA) is 59.9 Å². The number of ether oxygens (including phenoxy) is 2. The molecule has 0 bridgehead atoms. The van der Waals surface area contributed by atoms with Crippen LogP contribution in [-0.4, -0.2) is 25.8 Å². The number of hydrazone groups is 1. The summed E-state index contributed by atoms with van der Waals surface area (Å²) in [7, 11) is 1.54. The van der Waals surface area contributed by atoms with Crippen molar-refractivity contribution in [3.63, 3.8) is 0 Å². The molecule has 0 saturated heterocycles. The van der Waals surface area contributed by atoms with Crippen LogP contribution < -0.4 is 14.9 Å². The quantitative estimate of drug-likeness (QED) is 0.455. The van der Waals surface area contributed by atoms with E-state index in [1.54, 1.807) is 19.4 Å². The van der Waals surface area contributed by atoms with E-state index in [1.165, 1.54) is 0 Å². The minimum absolute atomic E-state index is 0.346. The summed E-state index contributed by atoms with van der Waals surface area (Å²) in [5, 5.41) is 6.04. The fourth-order valence-electron chi connectivity index (χ4n) is 2.69. The van der Waals surface area contributed by atoms with Gasteiger partial charge in [0.05, 0.1) is 25.5 Å². The molecule has 3 rings (SSSR count). The fourth-order valence-corrected chi connectivity index (χ4v) is 3.07. The predicted molar refractivity (Wildman–Crippen MR) is 111 cm³/mol. The molecule has 0 aliphatic rings. The van der Waals surface area contributed by atoms with E-state index in [1.807, 2.05) is 55.5 Å². The number of halogens is 1. The lowest BCUT2D eigenvalue weighted by molar-refractivity contribution is 0.0952. The van der Waals surface area contributed by atoms with Gasteiger partial charge in [0.25, 0.3) is 5.91 Å². The van der Waals surface area contributed by atoms with Crippen LogP contribution in [0.4, 0.5) is 0 Å².